The van der Waals surface area contributed by atoms with Crippen molar-refractivity contribution < 1.29 is 9.18 Å². The molecule has 2 nitrogen and oxygen atoms in total. The molecule has 0 unspecified atom stereocenters. The van der Waals surface area contributed by atoms with E-state index in [1.165, 1.54) is 12.1 Å². The van der Waals surface area contributed by atoms with Gasteiger partial charge in [-0.3, -0.25) is 4.79 Å². The summed E-state index contributed by atoms with van der Waals surface area (Å²) in [5, 5.41) is 0.0598. The molecule has 100 valence electrons. The van der Waals surface area contributed by atoms with Gasteiger partial charge >= 0.3 is 0 Å². The molecule has 0 saturated carbocycles. The number of hydrogen-bond acceptors (Lipinski definition) is 2. The molecule has 1 rings (SSSR count). The highest BCUT2D eigenvalue weighted by Crippen LogP contribution is 2.30. The van der Waals surface area contributed by atoms with Crippen molar-refractivity contribution in [2.45, 2.75) is 39.7 Å². The Kier molecular flexibility index (Phi) is 4.19. The first-order chi connectivity index (χ1) is 8.05. The first-order valence-electron chi connectivity index (χ1n) is 5.82. The Balaban J connectivity index is 2.91. The molecule has 18 heavy (non-hydrogen) atoms. The van der Waals surface area contributed by atoms with Crippen LogP contribution in [0.4, 0.5) is 4.39 Å². The summed E-state index contributed by atoms with van der Waals surface area (Å²) in [4.78, 5) is 12.2. The molecule has 0 heterocycles. The van der Waals surface area contributed by atoms with E-state index in [-0.39, 0.29) is 17.2 Å². The third kappa shape index (κ3) is 3.09. The minimum atomic E-state index is -0.677. The molecule has 0 saturated heterocycles. The molecule has 4 heteroatoms. The highest BCUT2D eigenvalue weighted by atomic mass is 35.5. The van der Waals surface area contributed by atoms with Crippen LogP contribution in [0.25, 0.3) is 0 Å². The number of nitrogens with two attached hydrogens (primary N) is 1. The van der Waals surface area contributed by atoms with Gasteiger partial charge in [0, 0.05) is 17.4 Å². The summed E-state index contributed by atoms with van der Waals surface area (Å²) in [6.07, 6.45) is 0.154. The number of rotatable bonds is 4. The number of benzene rings is 1. The van der Waals surface area contributed by atoms with Gasteiger partial charge in [-0.15, -0.1) is 0 Å². The summed E-state index contributed by atoms with van der Waals surface area (Å²) >= 11 is 5.60. The maximum absolute atomic E-state index is 13.3. The number of Topliss-reactive ketones (excluding diaryl/α,β-unsaturated/α-hetero) is 1. The van der Waals surface area contributed by atoms with Gasteiger partial charge in [-0.05, 0) is 31.5 Å². The zero-order chi connectivity index (χ0) is 14.1. The Morgan fingerprint density at radius 2 is 1.89 bits per heavy atom. The fourth-order valence-corrected chi connectivity index (χ4v) is 1.53. The average molecular weight is 272 g/mol. The summed E-state index contributed by atoms with van der Waals surface area (Å²) in [6.45, 7) is 7.24. The Morgan fingerprint density at radius 3 is 2.33 bits per heavy atom. The molecule has 1 aromatic rings. The Bertz CT molecular complexity index is 463. The second-order valence-electron chi connectivity index (χ2n) is 5.70. The highest BCUT2D eigenvalue weighted by Gasteiger charge is 2.39. The normalized spacial score (nSPS) is 12.6. The van der Waals surface area contributed by atoms with Crippen LogP contribution in [0.15, 0.2) is 18.2 Å². The van der Waals surface area contributed by atoms with Crippen LogP contribution < -0.4 is 5.73 Å². The molecule has 0 aliphatic rings. The molecule has 0 aromatic heterocycles. The molecule has 0 aliphatic heterocycles. The summed E-state index contributed by atoms with van der Waals surface area (Å²) in [6, 6.07) is 4.41. The molecular formula is C14H19ClFNO. The van der Waals surface area contributed by atoms with E-state index in [0.717, 1.165) is 0 Å². The average Bonchev–Trinajstić information content (AvgIpc) is 2.21. The quantitative estimate of drug-likeness (QED) is 0.913. The van der Waals surface area contributed by atoms with Crippen LogP contribution in [0.3, 0.4) is 0 Å². The summed E-state index contributed by atoms with van der Waals surface area (Å²) in [5.74, 6) is -0.525. The fourth-order valence-electron chi connectivity index (χ4n) is 1.42. The van der Waals surface area contributed by atoms with Gasteiger partial charge in [0.2, 0.25) is 0 Å². The van der Waals surface area contributed by atoms with Crippen LogP contribution in [0, 0.1) is 11.2 Å². The Labute approximate surface area is 112 Å². The first-order valence-corrected chi connectivity index (χ1v) is 6.19. The lowest BCUT2D eigenvalue weighted by Crippen LogP contribution is -2.52. The molecule has 1 aromatic carbocycles. The van der Waals surface area contributed by atoms with Gasteiger partial charge in [-0.25, -0.2) is 4.39 Å². The topological polar surface area (TPSA) is 43.1 Å². The number of carbonyl (C=O) groups excluding carboxylic acids is 1. The van der Waals surface area contributed by atoms with E-state index in [1.54, 1.807) is 6.07 Å². The van der Waals surface area contributed by atoms with Crippen molar-refractivity contribution in [1.82, 2.24) is 0 Å². The predicted molar refractivity (Wildman–Crippen MR) is 72.2 cm³/mol. The summed E-state index contributed by atoms with van der Waals surface area (Å²) in [5.41, 5.74) is 5.31. The van der Waals surface area contributed by atoms with E-state index < -0.39 is 16.8 Å². The molecule has 0 radical (unpaired) electrons. The maximum Gasteiger partial charge on any atom is 0.144 e. The number of halogens is 2. The van der Waals surface area contributed by atoms with Gasteiger partial charge in [0.05, 0.1) is 5.02 Å². The third-order valence-corrected chi connectivity index (χ3v) is 3.96. The highest BCUT2D eigenvalue weighted by molar-refractivity contribution is 6.30. The van der Waals surface area contributed by atoms with E-state index in [4.69, 9.17) is 17.3 Å². The fraction of sp³-hybridized carbons (Fsp3) is 0.500. The minimum Gasteiger partial charge on any atom is -0.325 e. The summed E-state index contributed by atoms with van der Waals surface area (Å²) < 4.78 is 13.3. The predicted octanol–water partition coefficient (Wildman–Crippen LogP) is 3.35. The lowest BCUT2D eigenvalue weighted by Gasteiger charge is -2.37. The lowest BCUT2D eigenvalue weighted by atomic mass is 9.71. The van der Waals surface area contributed by atoms with Crippen LogP contribution in [0.2, 0.25) is 5.02 Å². The maximum atomic E-state index is 13.3. The van der Waals surface area contributed by atoms with Crippen LogP contribution >= 0.6 is 11.6 Å². The van der Waals surface area contributed by atoms with Crippen molar-refractivity contribution in [3.63, 3.8) is 0 Å². The van der Waals surface area contributed by atoms with Gasteiger partial charge in [-0.1, -0.05) is 31.5 Å². The molecule has 2 N–H and O–H groups in total. The smallest absolute Gasteiger partial charge is 0.144 e. The van der Waals surface area contributed by atoms with E-state index in [9.17, 15) is 9.18 Å². The minimum absolute atomic E-state index is 0.0169. The molecule has 0 atom stereocenters. The molecule has 0 fully saturated rings. The van der Waals surface area contributed by atoms with Crippen molar-refractivity contribution in [2.75, 3.05) is 0 Å². The monoisotopic (exact) mass is 271 g/mol. The molecule has 0 amide bonds. The van der Waals surface area contributed by atoms with Gasteiger partial charge in [0.15, 0.2) is 0 Å². The van der Waals surface area contributed by atoms with Crippen LogP contribution in [0.1, 0.15) is 33.3 Å². The second kappa shape index (κ2) is 4.98. The number of hydrogen-bond donors (Lipinski definition) is 1. The van der Waals surface area contributed by atoms with Crippen molar-refractivity contribution >= 4 is 17.4 Å². The number of ketones is 1. The molecule has 0 spiro atoms. The zero-order valence-corrected chi connectivity index (χ0v) is 11.9. The van der Waals surface area contributed by atoms with Crippen LogP contribution in [0.5, 0.6) is 0 Å². The Hall–Kier alpha value is -0.930. The Morgan fingerprint density at radius 1 is 1.33 bits per heavy atom. The van der Waals surface area contributed by atoms with Crippen molar-refractivity contribution in [3.05, 3.63) is 34.6 Å². The molecular weight excluding hydrogens is 253 g/mol. The van der Waals surface area contributed by atoms with Crippen molar-refractivity contribution in [3.8, 4) is 0 Å². The standard InChI is InChI=1S/C14H19ClFNO/c1-13(2,14(3,4)17)12(18)8-9-5-6-10(15)11(16)7-9/h5-7H,8,17H2,1-4H3. The lowest BCUT2D eigenvalue weighted by molar-refractivity contribution is -0.129. The van der Waals surface area contributed by atoms with E-state index in [2.05, 4.69) is 0 Å². The van der Waals surface area contributed by atoms with Gasteiger partial charge in [-0.2, -0.15) is 0 Å². The van der Waals surface area contributed by atoms with Gasteiger partial charge in [0.1, 0.15) is 11.6 Å². The van der Waals surface area contributed by atoms with Crippen molar-refractivity contribution in [1.29, 1.82) is 0 Å². The second-order valence-corrected chi connectivity index (χ2v) is 6.10. The molecule has 0 bridgehead atoms. The van der Waals surface area contributed by atoms with Crippen LogP contribution in [-0.4, -0.2) is 11.3 Å². The van der Waals surface area contributed by atoms with Gasteiger partial charge in [0.25, 0.3) is 0 Å². The SMILES string of the molecule is CC(C)(N)C(C)(C)C(=O)Cc1ccc(Cl)c(F)c1. The summed E-state index contributed by atoms with van der Waals surface area (Å²) in [7, 11) is 0. The van der Waals surface area contributed by atoms with Gasteiger partial charge < -0.3 is 5.73 Å². The zero-order valence-electron chi connectivity index (χ0n) is 11.2. The van der Waals surface area contributed by atoms with E-state index in [0.29, 0.717) is 5.56 Å². The van der Waals surface area contributed by atoms with E-state index >= 15 is 0 Å². The molecule has 0 aliphatic carbocycles. The number of carbonyl (C=O) groups is 1. The first kappa shape index (κ1) is 15.1. The largest absolute Gasteiger partial charge is 0.325 e. The van der Waals surface area contributed by atoms with E-state index in [1.807, 2.05) is 27.7 Å². The third-order valence-electron chi connectivity index (χ3n) is 3.66. The van der Waals surface area contributed by atoms with Crippen molar-refractivity contribution in [2.24, 2.45) is 11.1 Å². The van der Waals surface area contributed by atoms with Crippen LogP contribution in [-0.2, 0) is 11.2 Å².